The van der Waals surface area contributed by atoms with Gasteiger partial charge in [-0.2, -0.15) is 0 Å². The Hall–Kier alpha value is -0.570. The van der Waals surface area contributed by atoms with Gasteiger partial charge in [-0.3, -0.25) is 4.79 Å². The molecule has 3 nitrogen and oxygen atoms in total. The SMILES string of the molecule is CC1CCC(CNCCCC(=O)N(C)C)C1. The van der Waals surface area contributed by atoms with Crippen LogP contribution in [0.5, 0.6) is 0 Å². The van der Waals surface area contributed by atoms with E-state index < -0.39 is 0 Å². The van der Waals surface area contributed by atoms with E-state index in [4.69, 9.17) is 0 Å². The lowest BCUT2D eigenvalue weighted by molar-refractivity contribution is -0.128. The number of carbonyl (C=O) groups excluding carboxylic acids is 1. The molecule has 0 aromatic heterocycles. The first kappa shape index (κ1) is 13.5. The largest absolute Gasteiger partial charge is 0.349 e. The molecule has 2 unspecified atom stereocenters. The maximum Gasteiger partial charge on any atom is 0.222 e. The predicted octanol–water partition coefficient (Wildman–Crippen LogP) is 1.88. The van der Waals surface area contributed by atoms with E-state index in [9.17, 15) is 4.79 Å². The molecule has 1 N–H and O–H groups in total. The summed E-state index contributed by atoms with van der Waals surface area (Å²) in [5, 5.41) is 3.47. The average Bonchev–Trinajstić information content (AvgIpc) is 2.63. The highest BCUT2D eigenvalue weighted by molar-refractivity contribution is 5.75. The van der Waals surface area contributed by atoms with Gasteiger partial charge in [-0.15, -0.1) is 0 Å². The van der Waals surface area contributed by atoms with Crippen LogP contribution in [0.4, 0.5) is 0 Å². The highest BCUT2D eigenvalue weighted by Crippen LogP contribution is 2.29. The van der Waals surface area contributed by atoms with Crippen LogP contribution in [0.25, 0.3) is 0 Å². The van der Waals surface area contributed by atoms with Crippen molar-refractivity contribution in [1.29, 1.82) is 0 Å². The van der Waals surface area contributed by atoms with Crippen molar-refractivity contribution in [3.05, 3.63) is 0 Å². The molecule has 1 fully saturated rings. The molecule has 1 aliphatic carbocycles. The van der Waals surface area contributed by atoms with Gasteiger partial charge in [0.25, 0.3) is 0 Å². The monoisotopic (exact) mass is 226 g/mol. The molecular weight excluding hydrogens is 200 g/mol. The van der Waals surface area contributed by atoms with Crippen molar-refractivity contribution in [2.45, 2.75) is 39.0 Å². The van der Waals surface area contributed by atoms with Crippen molar-refractivity contribution >= 4 is 5.91 Å². The van der Waals surface area contributed by atoms with E-state index in [1.54, 1.807) is 4.90 Å². The fourth-order valence-corrected chi connectivity index (χ4v) is 2.40. The van der Waals surface area contributed by atoms with Crippen LogP contribution in [0.1, 0.15) is 39.0 Å². The van der Waals surface area contributed by atoms with E-state index >= 15 is 0 Å². The first-order chi connectivity index (χ1) is 7.59. The van der Waals surface area contributed by atoms with Crippen LogP contribution >= 0.6 is 0 Å². The Balaban J connectivity index is 1.94. The second kappa shape index (κ2) is 6.89. The van der Waals surface area contributed by atoms with E-state index in [-0.39, 0.29) is 5.91 Å². The highest BCUT2D eigenvalue weighted by Gasteiger charge is 2.20. The summed E-state index contributed by atoms with van der Waals surface area (Å²) in [5.74, 6) is 2.03. The zero-order chi connectivity index (χ0) is 12.0. The number of rotatable bonds is 6. The molecule has 0 bridgehead atoms. The van der Waals surface area contributed by atoms with Crippen LogP contribution in [0, 0.1) is 11.8 Å². The smallest absolute Gasteiger partial charge is 0.222 e. The Labute approximate surface area is 99.6 Å². The number of carbonyl (C=O) groups is 1. The standard InChI is InChI=1S/C13H26N2O/c1-11-6-7-12(9-11)10-14-8-4-5-13(16)15(2)3/h11-12,14H,4-10H2,1-3H3. The average molecular weight is 226 g/mol. The maximum atomic E-state index is 11.3. The summed E-state index contributed by atoms with van der Waals surface area (Å²) in [6.07, 6.45) is 5.78. The molecule has 1 amide bonds. The number of nitrogens with one attached hydrogen (secondary N) is 1. The molecule has 0 radical (unpaired) electrons. The van der Waals surface area contributed by atoms with Crippen molar-refractivity contribution in [3.8, 4) is 0 Å². The van der Waals surface area contributed by atoms with Gasteiger partial charge < -0.3 is 10.2 Å². The Morgan fingerprint density at radius 2 is 2.12 bits per heavy atom. The fourth-order valence-electron chi connectivity index (χ4n) is 2.40. The summed E-state index contributed by atoms with van der Waals surface area (Å²) in [5.41, 5.74) is 0. The normalized spacial score (nSPS) is 24.7. The molecule has 2 atom stereocenters. The molecule has 0 aromatic carbocycles. The van der Waals surface area contributed by atoms with Gasteiger partial charge in [0.15, 0.2) is 0 Å². The molecule has 3 heteroatoms. The van der Waals surface area contributed by atoms with E-state index in [0.29, 0.717) is 6.42 Å². The minimum Gasteiger partial charge on any atom is -0.349 e. The zero-order valence-electron chi connectivity index (χ0n) is 11.0. The molecular formula is C13H26N2O. The Morgan fingerprint density at radius 1 is 1.38 bits per heavy atom. The molecule has 0 saturated heterocycles. The van der Waals surface area contributed by atoms with Crippen LogP contribution in [0.15, 0.2) is 0 Å². The zero-order valence-corrected chi connectivity index (χ0v) is 11.0. The summed E-state index contributed by atoms with van der Waals surface area (Å²) in [7, 11) is 3.63. The van der Waals surface area contributed by atoms with Gasteiger partial charge in [0.1, 0.15) is 0 Å². The van der Waals surface area contributed by atoms with Crippen LogP contribution in [0.2, 0.25) is 0 Å². The third kappa shape index (κ3) is 4.97. The lowest BCUT2D eigenvalue weighted by atomic mass is 10.1. The lowest BCUT2D eigenvalue weighted by Crippen LogP contribution is -2.25. The molecule has 0 aliphatic heterocycles. The summed E-state index contributed by atoms with van der Waals surface area (Å²) in [6, 6.07) is 0. The van der Waals surface area contributed by atoms with Crippen LogP contribution < -0.4 is 5.32 Å². The molecule has 0 heterocycles. The second-order valence-corrected chi connectivity index (χ2v) is 5.38. The van der Waals surface area contributed by atoms with Gasteiger partial charge in [-0.25, -0.2) is 0 Å². The third-order valence-electron chi connectivity index (χ3n) is 3.48. The van der Waals surface area contributed by atoms with E-state index in [2.05, 4.69) is 12.2 Å². The van der Waals surface area contributed by atoms with E-state index in [0.717, 1.165) is 31.3 Å². The predicted molar refractivity (Wildman–Crippen MR) is 67.3 cm³/mol. The first-order valence-corrected chi connectivity index (χ1v) is 6.50. The second-order valence-electron chi connectivity index (χ2n) is 5.38. The Kier molecular flexibility index (Phi) is 5.81. The van der Waals surface area contributed by atoms with Gasteiger partial charge in [-0.1, -0.05) is 13.3 Å². The molecule has 0 aromatic rings. The summed E-state index contributed by atoms with van der Waals surface area (Å²) < 4.78 is 0. The fraction of sp³-hybridized carbons (Fsp3) is 0.923. The van der Waals surface area contributed by atoms with Crippen molar-refractivity contribution in [1.82, 2.24) is 10.2 Å². The van der Waals surface area contributed by atoms with E-state index in [1.807, 2.05) is 14.1 Å². The minimum atomic E-state index is 0.233. The molecule has 1 rings (SSSR count). The topological polar surface area (TPSA) is 32.3 Å². The van der Waals surface area contributed by atoms with Crippen molar-refractivity contribution in [3.63, 3.8) is 0 Å². The maximum absolute atomic E-state index is 11.3. The molecule has 16 heavy (non-hydrogen) atoms. The summed E-state index contributed by atoms with van der Waals surface area (Å²) in [6.45, 7) is 4.46. The summed E-state index contributed by atoms with van der Waals surface area (Å²) >= 11 is 0. The van der Waals surface area contributed by atoms with Crippen molar-refractivity contribution < 1.29 is 4.79 Å². The van der Waals surface area contributed by atoms with Crippen molar-refractivity contribution in [2.75, 3.05) is 27.2 Å². The van der Waals surface area contributed by atoms with Gasteiger partial charge in [0, 0.05) is 20.5 Å². The van der Waals surface area contributed by atoms with Crippen LogP contribution in [-0.2, 0) is 4.79 Å². The molecule has 1 aliphatic rings. The number of hydrogen-bond donors (Lipinski definition) is 1. The quantitative estimate of drug-likeness (QED) is 0.701. The number of amides is 1. The molecule has 0 spiro atoms. The van der Waals surface area contributed by atoms with Gasteiger partial charge >= 0.3 is 0 Å². The van der Waals surface area contributed by atoms with E-state index in [1.165, 1.54) is 19.3 Å². The van der Waals surface area contributed by atoms with Crippen LogP contribution in [0.3, 0.4) is 0 Å². The molecule has 94 valence electrons. The summed E-state index contributed by atoms with van der Waals surface area (Å²) in [4.78, 5) is 13.0. The molecule has 1 saturated carbocycles. The van der Waals surface area contributed by atoms with Crippen LogP contribution in [-0.4, -0.2) is 38.0 Å². The van der Waals surface area contributed by atoms with Crippen molar-refractivity contribution in [2.24, 2.45) is 11.8 Å². The number of nitrogens with zero attached hydrogens (tertiary/aromatic N) is 1. The van der Waals surface area contributed by atoms with Gasteiger partial charge in [0.05, 0.1) is 0 Å². The first-order valence-electron chi connectivity index (χ1n) is 6.50. The number of hydrogen-bond acceptors (Lipinski definition) is 2. The van der Waals surface area contributed by atoms with Gasteiger partial charge in [0.2, 0.25) is 5.91 Å². The lowest BCUT2D eigenvalue weighted by Gasteiger charge is -2.12. The van der Waals surface area contributed by atoms with Gasteiger partial charge in [-0.05, 0) is 44.2 Å². The third-order valence-corrected chi connectivity index (χ3v) is 3.48. The minimum absolute atomic E-state index is 0.233. The Morgan fingerprint density at radius 3 is 2.69 bits per heavy atom. The highest BCUT2D eigenvalue weighted by atomic mass is 16.2. The Bertz CT molecular complexity index is 216.